The molecule has 0 aliphatic carbocycles. The maximum absolute atomic E-state index is 12.9. The summed E-state index contributed by atoms with van der Waals surface area (Å²) in [4.78, 5) is 13.9. The topological polar surface area (TPSA) is 75.6 Å². The van der Waals surface area contributed by atoms with Crippen LogP contribution < -0.4 is 4.89 Å². The van der Waals surface area contributed by atoms with Gasteiger partial charge in [0.05, 0.1) is 9.71 Å². The Hall–Kier alpha value is -1.00. The zero-order valence-electron chi connectivity index (χ0n) is 11.8. The maximum atomic E-state index is 12.9. The third-order valence-corrected chi connectivity index (χ3v) is 4.85. The fourth-order valence-electron chi connectivity index (χ4n) is 1.64. The van der Waals surface area contributed by atoms with E-state index in [0.29, 0.717) is 6.42 Å². The van der Waals surface area contributed by atoms with Gasteiger partial charge in [-0.1, -0.05) is 37.3 Å². The lowest BCUT2D eigenvalue weighted by molar-refractivity contribution is 0.0442. The summed E-state index contributed by atoms with van der Waals surface area (Å²) >= 11 is 3.00. The van der Waals surface area contributed by atoms with Crippen molar-refractivity contribution in [3.8, 4) is 0 Å². The van der Waals surface area contributed by atoms with E-state index in [4.69, 9.17) is 9.94 Å². The summed E-state index contributed by atoms with van der Waals surface area (Å²) in [7, 11) is -3.50. The normalized spacial score (nSPS) is 14.4. The van der Waals surface area contributed by atoms with Crippen LogP contribution in [0.5, 0.6) is 0 Å². The molecular weight excluding hydrogens is 336 g/mol. The summed E-state index contributed by atoms with van der Waals surface area (Å²) in [6, 6.07) is 7.63. The number of nitrogens with one attached hydrogen (secondary N) is 1. The standard InChI is InChI=1S/C13H17F2NO4S2/c1-2-8-22(19,16-18)12(20-9-13(14,15)21)11(17)10-6-4-3-5-7-10/h3-7,18,21H,2,8-9H2,1H3,(H,16,19). The molecule has 0 bridgehead atoms. The Bertz CT molecular complexity index is 623. The molecule has 0 fully saturated rings. The minimum Gasteiger partial charge on any atom is -0.326 e. The number of ether oxygens (including phenoxy) is 1. The number of thiol groups is 1. The van der Waals surface area contributed by atoms with E-state index in [0.717, 1.165) is 0 Å². The molecule has 0 aliphatic rings. The van der Waals surface area contributed by atoms with Gasteiger partial charge in [0.2, 0.25) is 5.78 Å². The summed E-state index contributed by atoms with van der Waals surface area (Å²) in [6.07, 6.45) is 0.332. The number of halogens is 2. The quantitative estimate of drug-likeness (QED) is 0.304. The number of alkyl halides is 2. The van der Waals surface area contributed by atoms with Crippen molar-refractivity contribution in [3.63, 3.8) is 0 Å². The highest BCUT2D eigenvalue weighted by Crippen LogP contribution is 2.19. The van der Waals surface area contributed by atoms with Gasteiger partial charge in [0.1, 0.15) is 6.61 Å². The number of hydrogen-bond donors (Lipinski definition) is 3. The Morgan fingerprint density at radius 2 is 2.00 bits per heavy atom. The summed E-state index contributed by atoms with van der Waals surface area (Å²) in [5, 5.41) is 4.88. The Kier molecular flexibility index (Phi) is 6.95. The van der Waals surface area contributed by atoms with Crippen LogP contribution in [0, 0.1) is 0 Å². The van der Waals surface area contributed by atoms with Crippen LogP contribution in [0.1, 0.15) is 23.7 Å². The molecular formula is C13H17F2NO4S2. The van der Waals surface area contributed by atoms with Gasteiger partial charge in [-0.3, -0.25) is 4.79 Å². The number of ketones is 1. The van der Waals surface area contributed by atoms with Crippen molar-refractivity contribution in [1.82, 2.24) is 4.89 Å². The van der Waals surface area contributed by atoms with Crippen LogP contribution in [-0.4, -0.2) is 37.9 Å². The molecule has 0 amide bonds. The molecule has 0 heterocycles. The molecule has 0 spiro atoms. The van der Waals surface area contributed by atoms with E-state index >= 15 is 0 Å². The Morgan fingerprint density at radius 1 is 1.41 bits per heavy atom. The molecule has 2 N–H and O–H groups in total. The van der Waals surface area contributed by atoms with Gasteiger partial charge in [-0.15, -0.1) is 17.5 Å². The smallest absolute Gasteiger partial charge is 0.314 e. The van der Waals surface area contributed by atoms with E-state index in [9.17, 15) is 17.8 Å². The first kappa shape index (κ1) is 19.0. The molecule has 1 atom stereocenters. The second-order valence-electron chi connectivity index (χ2n) is 4.41. The zero-order chi connectivity index (χ0) is 16.8. The molecule has 0 aromatic heterocycles. The third kappa shape index (κ3) is 5.33. The maximum Gasteiger partial charge on any atom is 0.314 e. The van der Waals surface area contributed by atoms with Gasteiger partial charge >= 0.3 is 5.25 Å². The molecule has 0 radical (unpaired) electrons. The monoisotopic (exact) mass is 353 g/mol. The highest BCUT2D eigenvalue weighted by Gasteiger charge is 2.29. The van der Waals surface area contributed by atoms with Gasteiger partial charge < -0.3 is 9.94 Å². The van der Waals surface area contributed by atoms with E-state index in [1.165, 1.54) is 12.1 Å². The molecule has 0 aliphatic heterocycles. The lowest BCUT2D eigenvalue weighted by atomic mass is 10.1. The second kappa shape index (κ2) is 8.02. The van der Waals surface area contributed by atoms with Crippen molar-refractivity contribution in [2.45, 2.75) is 18.6 Å². The molecule has 5 nitrogen and oxygen atoms in total. The van der Waals surface area contributed by atoms with Crippen LogP contribution in [0.2, 0.25) is 0 Å². The van der Waals surface area contributed by atoms with E-state index in [-0.39, 0.29) is 11.3 Å². The molecule has 22 heavy (non-hydrogen) atoms. The number of carbonyl (C=O) groups excluding carboxylic acids is 1. The molecule has 1 unspecified atom stereocenters. The molecule has 1 aromatic carbocycles. The zero-order valence-corrected chi connectivity index (χ0v) is 13.5. The fourth-order valence-corrected chi connectivity index (χ4v) is 3.30. The van der Waals surface area contributed by atoms with Crippen LogP contribution >= 0.6 is 12.6 Å². The summed E-state index contributed by atoms with van der Waals surface area (Å²) < 4.78 is 43.1. The van der Waals surface area contributed by atoms with Crippen molar-refractivity contribution < 1.29 is 27.7 Å². The Labute approximate surface area is 133 Å². The minimum absolute atomic E-state index is 0.110. The van der Waals surface area contributed by atoms with Crippen molar-refractivity contribution >= 4 is 33.2 Å². The van der Waals surface area contributed by atoms with Gasteiger partial charge in [0.15, 0.2) is 5.05 Å². The first-order valence-corrected chi connectivity index (χ1v) is 8.53. The minimum atomic E-state index is -3.51. The van der Waals surface area contributed by atoms with Crippen molar-refractivity contribution in [2.24, 2.45) is 0 Å². The molecule has 124 valence electrons. The largest absolute Gasteiger partial charge is 0.326 e. The second-order valence-corrected chi connectivity index (χ2v) is 7.37. The molecule has 1 rings (SSSR count). The molecule has 9 heteroatoms. The summed E-state index contributed by atoms with van der Waals surface area (Å²) in [5.74, 6) is -0.978. The predicted octanol–water partition coefficient (Wildman–Crippen LogP) is 2.13. The van der Waals surface area contributed by atoms with Crippen molar-refractivity contribution in [2.75, 3.05) is 12.4 Å². The number of benzene rings is 1. The van der Waals surface area contributed by atoms with Crippen molar-refractivity contribution in [3.05, 3.63) is 35.9 Å². The summed E-state index contributed by atoms with van der Waals surface area (Å²) in [6.45, 7) is 0.418. The number of rotatable bonds is 7. The average Bonchev–Trinajstić information content (AvgIpc) is 2.47. The van der Waals surface area contributed by atoms with E-state index in [1.54, 1.807) is 30.0 Å². The van der Waals surface area contributed by atoms with Crippen LogP contribution in [0.3, 0.4) is 0 Å². The highest BCUT2D eigenvalue weighted by atomic mass is 32.2. The van der Waals surface area contributed by atoms with Crippen molar-refractivity contribution in [1.29, 1.82) is 0 Å². The van der Waals surface area contributed by atoms with Gasteiger partial charge in [0, 0.05) is 11.3 Å². The number of Topliss-reactive ketones (excluding diaryl/α,β-unsaturated/α-hetero) is 1. The van der Waals surface area contributed by atoms with Crippen LogP contribution in [0.25, 0.3) is 0 Å². The van der Waals surface area contributed by atoms with Crippen LogP contribution in [-0.2, 0) is 14.4 Å². The SMILES string of the molecule is CCCS(=O)(NO)=C(OCC(F)(F)S)C(=O)c1ccccc1. The number of hydrogen-bond acceptors (Lipinski definition) is 5. The van der Waals surface area contributed by atoms with Gasteiger partial charge in [-0.25, -0.2) is 4.21 Å². The fraction of sp³-hybridized carbons (Fsp3) is 0.385. The molecule has 0 saturated carbocycles. The predicted molar refractivity (Wildman–Crippen MR) is 83.9 cm³/mol. The number of carbonyl (C=O) groups is 1. The molecule has 1 aromatic rings. The van der Waals surface area contributed by atoms with E-state index < -0.39 is 32.4 Å². The first-order chi connectivity index (χ1) is 10.2. The lowest BCUT2D eigenvalue weighted by Crippen LogP contribution is -2.37. The molecule has 0 saturated heterocycles. The van der Waals surface area contributed by atoms with Gasteiger partial charge in [-0.2, -0.15) is 8.78 Å². The van der Waals surface area contributed by atoms with Gasteiger partial charge in [0.25, 0.3) is 0 Å². The Morgan fingerprint density at radius 3 is 2.45 bits per heavy atom. The van der Waals surface area contributed by atoms with Crippen LogP contribution in [0.4, 0.5) is 8.78 Å². The lowest BCUT2D eigenvalue weighted by Gasteiger charge is -2.17. The Balaban J connectivity index is 3.31. The van der Waals surface area contributed by atoms with E-state index in [1.807, 2.05) is 0 Å². The van der Waals surface area contributed by atoms with E-state index in [2.05, 4.69) is 12.6 Å². The summed E-state index contributed by atoms with van der Waals surface area (Å²) in [5.41, 5.74) is 0.110. The first-order valence-electron chi connectivity index (χ1n) is 6.36. The average molecular weight is 353 g/mol. The van der Waals surface area contributed by atoms with Gasteiger partial charge in [-0.05, 0) is 6.42 Å². The highest BCUT2D eigenvalue weighted by molar-refractivity contribution is 8.01. The third-order valence-electron chi connectivity index (χ3n) is 2.54. The van der Waals surface area contributed by atoms with Crippen LogP contribution in [0.15, 0.2) is 30.3 Å².